The topological polar surface area (TPSA) is 66.8 Å². The summed E-state index contributed by atoms with van der Waals surface area (Å²) in [6, 6.07) is 15.4. The molecule has 0 bridgehead atoms. The van der Waals surface area contributed by atoms with Gasteiger partial charge in [0.2, 0.25) is 0 Å². The number of aliphatic hydroxyl groups excluding tert-OH is 1. The summed E-state index contributed by atoms with van der Waals surface area (Å²) in [4.78, 5) is 12.0. The summed E-state index contributed by atoms with van der Waals surface area (Å²) in [5.41, 5.74) is 2.21. The van der Waals surface area contributed by atoms with Crippen LogP contribution in [0.15, 0.2) is 48.5 Å². The van der Waals surface area contributed by atoms with Crippen LogP contribution in [0, 0.1) is 0 Å². The van der Waals surface area contributed by atoms with E-state index in [1.807, 2.05) is 31.2 Å². The summed E-state index contributed by atoms with van der Waals surface area (Å²) in [6.45, 7) is 2.51. The molecule has 0 fully saturated rings. The Hall–Kier alpha value is -2.33. The molecule has 0 aliphatic carbocycles. The second kappa shape index (κ2) is 11.4. The zero-order chi connectivity index (χ0) is 19.5. The van der Waals surface area contributed by atoms with Crippen LogP contribution in [-0.2, 0) is 17.6 Å². The van der Waals surface area contributed by atoms with Crippen molar-refractivity contribution >= 4 is 5.78 Å². The molecule has 0 radical (unpaired) electrons. The quantitative estimate of drug-likeness (QED) is 0.542. The predicted molar refractivity (Wildman–Crippen MR) is 107 cm³/mol. The van der Waals surface area contributed by atoms with E-state index in [9.17, 15) is 15.0 Å². The zero-order valence-electron chi connectivity index (χ0n) is 16.1. The van der Waals surface area contributed by atoms with Gasteiger partial charge in [-0.25, -0.2) is 0 Å². The molecule has 0 aliphatic heterocycles. The SMILES string of the molecule is CCCC(O)CC(=O)CCc1ccc(O)c(OCCCc2ccccc2)c1. The van der Waals surface area contributed by atoms with Crippen molar-refractivity contribution in [1.82, 2.24) is 0 Å². The number of hydrogen-bond acceptors (Lipinski definition) is 4. The molecule has 2 aromatic rings. The lowest BCUT2D eigenvalue weighted by atomic mass is 10.0. The number of aromatic hydroxyl groups is 1. The van der Waals surface area contributed by atoms with Crippen molar-refractivity contribution in [3.8, 4) is 11.5 Å². The van der Waals surface area contributed by atoms with E-state index in [2.05, 4.69) is 12.1 Å². The minimum Gasteiger partial charge on any atom is -0.504 e. The molecule has 2 aromatic carbocycles. The Morgan fingerprint density at radius 1 is 1.07 bits per heavy atom. The number of Topliss-reactive ketones (excluding diaryl/α,β-unsaturated/α-hetero) is 1. The van der Waals surface area contributed by atoms with E-state index in [1.165, 1.54) is 5.56 Å². The molecule has 2 N–H and O–H groups in total. The summed E-state index contributed by atoms with van der Waals surface area (Å²) in [6.07, 6.45) is 3.97. The highest BCUT2D eigenvalue weighted by Crippen LogP contribution is 2.27. The van der Waals surface area contributed by atoms with Gasteiger partial charge in [-0.2, -0.15) is 0 Å². The molecule has 27 heavy (non-hydrogen) atoms. The highest BCUT2D eigenvalue weighted by molar-refractivity contribution is 5.79. The van der Waals surface area contributed by atoms with E-state index >= 15 is 0 Å². The number of aliphatic hydroxyl groups is 1. The van der Waals surface area contributed by atoms with Crippen molar-refractivity contribution in [1.29, 1.82) is 0 Å². The summed E-state index contributed by atoms with van der Waals surface area (Å²) in [7, 11) is 0. The monoisotopic (exact) mass is 370 g/mol. The Kier molecular flexibility index (Phi) is 8.85. The van der Waals surface area contributed by atoms with Crippen molar-refractivity contribution in [2.45, 2.75) is 58.0 Å². The first kappa shape index (κ1) is 21.0. The number of rotatable bonds is 12. The van der Waals surface area contributed by atoms with Gasteiger partial charge in [0.15, 0.2) is 11.5 Å². The molecule has 1 atom stereocenters. The number of ketones is 1. The minimum atomic E-state index is -0.536. The van der Waals surface area contributed by atoms with Crippen LogP contribution in [0.3, 0.4) is 0 Å². The molecular weight excluding hydrogens is 340 g/mol. The maximum Gasteiger partial charge on any atom is 0.161 e. The first-order valence-electron chi connectivity index (χ1n) is 9.77. The number of ether oxygens (including phenoxy) is 1. The smallest absolute Gasteiger partial charge is 0.161 e. The lowest BCUT2D eigenvalue weighted by molar-refractivity contribution is -0.121. The molecule has 0 aliphatic rings. The van der Waals surface area contributed by atoms with Crippen molar-refractivity contribution in [3.63, 3.8) is 0 Å². The molecule has 2 rings (SSSR count). The standard InChI is InChI=1S/C23H30O4/c1-2-7-20(24)17-21(25)13-11-19-12-14-22(26)23(16-19)27-15-6-10-18-8-4-3-5-9-18/h3-5,8-9,12,14,16,20,24,26H,2,6-7,10-11,13,15,17H2,1H3. The van der Waals surface area contributed by atoms with Gasteiger partial charge in [0, 0.05) is 12.8 Å². The van der Waals surface area contributed by atoms with Crippen molar-refractivity contribution < 1.29 is 19.7 Å². The van der Waals surface area contributed by atoms with Crippen LogP contribution in [0.1, 0.15) is 50.2 Å². The third-order valence-electron chi connectivity index (χ3n) is 4.51. The highest BCUT2D eigenvalue weighted by atomic mass is 16.5. The second-order valence-corrected chi connectivity index (χ2v) is 6.92. The zero-order valence-corrected chi connectivity index (χ0v) is 16.1. The maximum atomic E-state index is 12.0. The third-order valence-corrected chi connectivity index (χ3v) is 4.51. The largest absolute Gasteiger partial charge is 0.504 e. The van der Waals surface area contributed by atoms with Gasteiger partial charge in [-0.15, -0.1) is 0 Å². The number of benzene rings is 2. The first-order chi connectivity index (χ1) is 13.1. The number of hydrogen-bond donors (Lipinski definition) is 2. The van der Waals surface area contributed by atoms with Crippen LogP contribution in [0.4, 0.5) is 0 Å². The van der Waals surface area contributed by atoms with Crippen molar-refractivity contribution in [2.75, 3.05) is 6.61 Å². The summed E-state index contributed by atoms with van der Waals surface area (Å²) < 4.78 is 5.73. The first-order valence-corrected chi connectivity index (χ1v) is 9.77. The van der Waals surface area contributed by atoms with Crippen molar-refractivity contribution in [2.24, 2.45) is 0 Å². The number of phenols is 1. The number of carbonyl (C=O) groups excluding carboxylic acids is 1. The fraction of sp³-hybridized carbons (Fsp3) is 0.435. The predicted octanol–water partition coefficient (Wildman–Crippen LogP) is 4.46. The summed E-state index contributed by atoms with van der Waals surface area (Å²) >= 11 is 0. The van der Waals surface area contributed by atoms with E-state index in [0.29, 0.717) is 31.6 Å². The number of phenolic OH excluding ortho intramolecular Hbond substituents is 1. The lowest BCUT2D eigenvalue weighted by Gasteiger charge is -2.11. The van der Waals surface area contributed by atoms with E-state index < -0.39 is 6.10 Å². The molecule has 0 amide bonds. The maximum absolute atomic E-state index is 12.0. The Labute approximate surface area is 161 Å². The fourth-order valence-electron chi connectivity index (χ4n) is 3.02. The molecule has 0 saturated heterocycles. The van der Waals surface area contributed by atoms with Gasteiger partial charge in [0.05, 0.1) is 12.7 Å². The van der Waals surface area contributed by atoms with Gasteiger partial charge in [-0.1, -0.05) is 49.7 Å². The second-order valence-electron chi connectivity index (χ2n) is 6.92. The lowest BCUT2D eigenvalue weighted by Crippen LogP contribution is -2.13. The Bertz CT molecular complexity index is 697. The Balaban J connectivity index is 1.78. The van der Waals surface area contributed by atoms with Crippen LogP contribution >= 0.6 is 0 Å². The molecule has 0 heterocycles. The van der Waals surface area contributed by atoms with Crippen LogP contribution in [0.2, 0.25) is 0 Å². The number of aryl methyl sites for hydroxylation is 2. The molecule has 4 nitrogen and oxygen atoms in total. The molecule has 4 heteroatoms. The Morgan fingerprint density at radius 2 is 1.85 bits per heavy atom. The molecule has 0 saturated carbocycles. The van der Waals surface area contributed by atoms with Gasteiger partial charge in [0.1, 0.15) is 5.78 Å². The van der Waals surface area contributed by atoms with Crippen LogP contribution < -0.4 is 4.74 Å². The molecule has 146 valence electrons. The molecular formula is C23H30O4. The van der Waals surface area contributed by atoms with Gasteiger partial charge < -0.3 is 14.9 Å². The highest BCUT2D eigenvalue weighted by Gasteiger charge is 2.11. The van der Waals surface area contributed by atoms with E-state index in [-0.39, 0.29) is 18.0 Å². The van der Waals surface area contributed by atoms with Crippen LogP contribution in [0.5, 0.6) is 11.5 Å². The van der Waals surface area contributed by atoms with Gasteiger partial charge >= 0.3 is 0 Å². The average molecular weight is 370 g/mol. The molecule has 0 aromatic heterocycles. The van der Waals surface area contributed by atoms with E-state index in [0.717, 1.165) is 24.8 Å². The van der Waals surface area contributed by atoms with E-state index in [1.54, 1.807) is 12.1 Å². The van der Waals surface area contributed by atoms with Crippen molar-refractivity contribution in [3.05, 3.63) is 59.7 Å². The molecule has 0 spiro atoms. The number of carbonyl (C=O) groups is 1. The summed E-state index contributed by atoms with van der Waals surface area (Å²) in [5.74, 6) is 0.636. The fourth-order valence-corrected chi connectivity index (χ4v) is 3.02. The van der Waals surface area contributed by atoms with Gasteiger partial charge in [-0.05, 0) is 48.9 Å². The normalized spacial score (nSPS) is 11.9. The van der Waals surface area contributed by atoms with Crippen LogP contribution in [-0.4, -0.2) is 28.7 Å². The average Bonchev–Trinajstić information content (AvgIpc) is 2.66. The van der Waals surface area contributed by atoms with Gasteiger partial charge in [-0.3, -0.25) is 4.79 Å². The van der Waals surface area contributed by atoms with Gasteiger partial charge in [0.25, 0.3) is 0 Å². The molecule has 1 unspecified atom stereocenters. The summed E-state index contributed by atoms with van der Waals surface area (Å²) in [5, 5.41) is 19.7. The third kappa shape index (κ3) is 7.83. The van der Waals surface area contributed by atoms with Crippen LogP contribution in [0.25, 0.3) is 0 Å². The minimum absolute atomic E-state index is 0.0642. The van der Waals surface area contributed by atoms with E-state index in [4.69, 9.17) is 4.74 Å². The Morgan fingerprint density at radius 3 is 2.59 bits per heavy atom.